The fourth-order valence-corrected chi connectivity index (χ4v) is 1.67. The van der Waals surface area contributed by atoms with Gasteiger partial charge in [0.2, 0.25) is 0 Å². The van der Waals surface area contributed by atoms with Gasteiger partial charge in [0.1, 0.15) is 5.75 Å². The summed E-state index contributed by atoms with van der Waals surface area (Å²) < 4.78 is 5.28. The molecule has 0 spiro atoms. The number of para-hydroxylation sites is 2. The molecular formula is C13H21NO. The fourth-order valence-electron chi connectivity index (χ4n) is 1.67. The molecular weight excluding hydrogens is 186 g/mol. The number of ether oxygens (including phenoxy) is 1. The zero-order chi connectivity index (χ0) is 11.1. The van der Waals surface area contributed by atoms with Crippen LogP contribution < -0.4 is 10.1 Å². The molecule has 1 rings (SSSR count). The molecule has 15 heavy (non-hydrogen) atoms. The molecule has 84 valence electrons. The number of nitrogens with one attached hydrogen (secondary N) is 1. The summed E-state index contributed by atoms with van der Waals surface area (Å²) >= 11 is 0. The standard InChI is InChI=1S/C13H21NO/c1-4-7-11(2)10-14-12-8-5-6-9-13(12)15-3/h5-6,8-9,11,14H,4,7,10H2,1-3H3/t11-/m1/s1. The molecule has 0 bridgehead atoms. The van der Waals surface area contributed by atoms with Gasteiger partial charge in [-0.2, -0.15) is 0 Å². The Morgan fingerprint density at radius 2 is 2.07 bits per heavy atom. The van der Waals surface area contributed by atoms with Crippen LogP contribution in [0.5, 0.6) is 5.75 Å². The molecule has 0 unspecified atom stereocenters. The van der Waals surface area contributed by atoms with Crippen LogP contribution in [0.4, 0.5) is 5.69 Å². The van der Waals surface area contributed by atoms with Gasteiger partial charge in [0.25, 0.3) is 0 Å². The minimum Gasteiger partial charge on any atom is -0.495 e. The summed E-state index contributed by atoms with van der Waals surface area (Å²) in [6, 6.07) is 8.04. The van der Waals surface area contributed by atoms with E-state index >= 15 is 0 Å². The van der Waals surface area contributed by atoms with Gasteiger partial charge in [-0.25, -0.2) is 0 Å². The molecule has 0 radical (unpaired) electrons. The maximum Gasteiger partial charge on any atom is 0.141 e. The van der Waals surface area contributed by atoms with Crippen LogP contribution in [0, 0.1) is 5.92 Å². The number of rotatable bonds is 6. The first-order valence-electron chi connectivity index (χ1n) is 5.64. The Labute approximate surface area is 92.6 Å². The van der Waals surface area contributed by atoms with Gasteiger partial charge in [0.15, 0.2) is 0 Å². The second-order valence-electron chi connectivity index (χ2n) is 3.98. The van der Waals surface area contributed by atoms with Gasteiger partial charge in [-0.15, -0.1) is 0 Å². The van der Waals surface area contributed by atoms with Crippen molar-refractivity contribution in [1.29, 1.82) is 0 Å². The van der Waals surface area contributed by atoms with Crippen molar-refractivity contribution < 1.29 is 4.74 Å². The average molecular weight is 207 g/mol. The van der Waals surface area contributed by atoms with E-state index in [0.29, 0.717) is 5.92 Å². The largest absolute Gasteiger partial charge is 0.495 e. The molecule has 2 nitrogen and oxygen atoms in total. The molecule has 2 heteroatoms. The van der Waals surface area contributed by atoms with E-state index in [9.17, 15) is 0 Å². The van der Waals surface area contributed by atoms with Gasteiger partial charge in [-0.3, -0.25) is 0 Å². The Kier molecular flexibility index (Phi) is 5.02. The van der Waals surface area contributed by atoms with Crippen molar-refractivity contribution in [3.8, 4) is 5.75 Å². The zero-order valence-corrected chi connectivity index (χ0v) is 9.92. The first-order chi connectivity index (χ1) is 7.27. The quantitative estimate of drug-likeness (QED) is 0.770. The van der Waals surface area contributed by atoms with E-state index in [1.807, 2.05) is 18.2 Å². The van der Waals surface area contributed by atoms with E-state index in [4.69, 9.17) is 4.74 Å². The maximum atomic E-state index is 5.28. The molecule has 1 aromatic carbocycles. The lowest BCUT2D eigenvalue weighted by molar-refractivity contribution is 0.416. The molecule has 0 saturated carbocycles. The van der Waals surface area contributed by atoms with Crippen LogP contribution in [-0.2, 0) is 0 Å². The highest BCUT2D eigenvalue weighted by molar-refractivity contribution is 5.56. The van der Waals surface area contributed by atoms with Crippen LogP contribution in [0.25, 0.3) is 0 Å². The molecule has 0 aromatic heterocycles. The van der Waals surface area contributed by atoms with Crippen molar-refractivity contribution >= 4 is 5.69 Å². The molecule has 0 aliphatic carbocycles. The summed E-state index contributed by atoms with van der Waals surface area (Å²) in [7, 11) is 1.70. The minimum atomic E-state index is 0.708. The Morgan fingerprint density at radius 1 is 1.33 bits per heavy atom. The van der Waals surface area contributed by atoms with Crippen molar-refractivity contribution in [1.82, 2.24) is 0 Å². The number of hydrogen-bond acceptors (Lipinski definition) is 2. The zero-order valence-electron chi connectivity index (χ0n) is 9.92. The average Bonchev–Trinajstić information content (AvgIpc) is 2.27. The van der Waals surface area contributed by atoms with E-state index in [1.165, 1.54) is 12.8 Å². The van der Waals surface area contributed by atoms with Crippen LogP contribution in [0.2, 0.25) is 0 Å². The summed E-state index contributed by atoms with van der Waals surface area (Å²) in [4.78, 5) is 0. The smallest absolute Gasteiger partial charge is 0.141 e. The van der Waals surface area contributed by atoms with Crippen molar-refractivity contribution in [2.45, 2.75) is 26.7 Å². The van der Waals surface area contributed by atoms with Gasteiger partial charge in [0.05, 0.1) is 12.8 Å². The van der Waals surface area contributed by atoms with Crippen molar-refractivity contribution in [3.05, 3.63) is 24.3 Å². The van der Waals surface area contributed by atoms with Gasteiger partial charge >= 0.3 is 0 Å². The Hall–Kier alpha value is -1.18. The Bertz CT molecular complexity index is 286. The molecule has 0 saturated heterocycles. The molecule has 1 N–H and O–H groups in total. The van der Waals surface area contributed by atoms with Gasteiger partial charge < -0.3 is 10.1 Å². The topological polar surface area (TPSA) is 21.3 Å². The lowest BCUT2D eigenvalue weighted by Gasteiger charge is -2.14. The number of methoxy groups -OCH3 is 1. The van der Waals surface area contributed by atoms with Gasteiger partial charge in [-0.1, -0.05) is 32.4 Å². The minimum absolute atomic E-state index is 0.708. The monoisotopic (exact) mass is 207 g/mol. The lowest BCUT2D eigenvalue weighted by Crippen LogP contribution is -2.11. The third kappa shape index (κ3) is 3.82. The number of hydrogen-bond donors (Lipinski definition) is 1. The molecule has 0 aliphatic heterocycles. The highest BCUT2D eigenvalue weighted by atomic mass is 16.5. The molecule has 0 aliphatic rings. The Morgan fingerprint density at radius 3 is 2.73 bits per heavy atom. The van der Waals surface area contributed by atoms with Gasteiger partial charge in [-0.05, 0) is 24.5 Å². The summed E-state index contributed by atoms with van der Waals surface area (Å²) in [5.74, 6) is 1.63. The van der Waals surface area contributed by atoms with E-state index in [0.717, 1.165) is 18.0 Å². The highest BCUT2D eigenvalue weighted by Gasteiger charge is 2.03. The van der Waals surface area contributed by atoms with Crippen molar-refractivity contribution in [2.24, 2.45) is 5.92 Å². The van der Waals surface area contributed by atoms with E-state index in [2.05, 4.69) is 25.2 Å². The van der Waals surface area contributed by atoms with Crippen LogP contribution in [0.3, 0.4) is 0 Å². The molecule has 1 atom stereocenters. The third-order valence-corrected chi connectivity index (χ3v) is 2.53. The summed E-state index contributed by atoms with van der Waals surface area (Å²) in [6.07, 6.45) is 2.51. The van der Waals surface area contributed by atoms with Crippen LogP contribution in [0.15, 0.2) is 24.3 Å². The molecule has 1 aromatic rings. The maximum absolute atomic E-state index is 5.28. The predicted molar refractivity (Wildman–Crippen MR) is 65.6 cm³/mol. The second-order valence-corrected chi connectivity index (χ2v) is 3.98. The van der Waals surface area contributed by atoms with Crippen LogP contribution in [0.1, 0.15) is 26.7 Å². The molecule has 0 amide bonds. The van der Waals surface area contributed by atoms with E-state index in [-0.39, 0.29) is 0 Å². The lowest BCUT2D eigenvalue weighted by atomic mass is 10.1. The molecule has 0 heterocycles. The van der Waals surface area contributed by atoms with E-state index in [1.54, 1.807) is 7.11 Å². The number of benzene rings is 1. The summed E-state index contributed by atoms with van der Waals surface area (Å²) in [5.41, 5.74) is 1.09. The summed E-state index contributed by atoms with van der Waals surface area (Å²) in [5, 5.41) is 3.42. The first-order valence-corrected chi connectivity index (χ1v) is 5.64. The van der Waals surface area contributed by atoms with Crippen molar-refractivity contribution in [3.63, 3.8) is 0 Å². The second kappa shape index (κ2) is 6.33. The normalized spacial score (nSPS) is 12.2. The van der Waals surface area contributed by atoms with Gasteiger partial charge in [0, 0.05) is 6.54 Å². The summed E-state index contributed by atoms with van der Waals surface area (Å²) in [6.45, 7) is 5.50. The number of anilines is 1. The third-order valence-electron chi connectivity index (χ3n) is 2.53. The molecule has 0 fully saturated rings. The van der Waals surface area contributed by atoms with E-state index < -0.39 is 0 Å². The van der Waals surface area contributed by atoms with Crippen molar-refractivity contribution in [2.75, 3.05) is 19.0 Å². The SMILES string of the molecule is CCC[C@@H](C)CNc1ccccc1OC. The van der Waals surface area contributed by atoms with Crippen LogP contribution in [-0.4, -0.2) is 13.7 Å². The highest BCUT2D eigenvalue weighted by Crippen LogP contribution is 2.23. The first kappa shape index (κ1) is 11.9. The predicted octanol–water partition coefficient (Wildman–Crippen LogP) is 3.54. The fraction of sp³-hybridized carbons (Fsp3) is 0.538. The van der Waals surface area contributed by atoms with Crippen LogP contribution >= 0.6 is 0 Å². The Balaban J connectivity index is 2.49.